The molecule has 0 heterocycles. The van der Waals surface area contributed by atoms with Gasteiger partial charge in [0.15, 0.2) is 0 Å². The van der Waals surface area contributed by atoms with Crippen LogP contribution in [0.3, 0.4) is 0 Å². The fourth-order valence-electron chi connectivity index (χ4n) is 1.40. The van der Waals surface area contributed by atoms with Crippen LogP contribution in [0.15, 0.2) is 28.7 Å². The van der Waals surface area contributed by atoms with Gasteiger partial charge < -0.3 is 10.6 Å². The Balaban J connectivity index is 2.26. The number of carbonyl (C=O) groups excluding carboxylic acids is 1. The Labute approximate surface area is 111 Å². The zero-order valence-corrected chi connectivity index (χ0v) is 11.9. The lowest BCUT2D eigenvalue weighted by molar-refractivity contribution is -0.120. The first kappa shape index (κ1) is 14.2. The van der Waals surface area contributed by atoms with E-state index in [1.165, 1.54) is 0 Å². The topological polar surface area (TPSA) is 41.1 Å². The maximum atomic E-state index is 11.5. The maximum absolute atomic E-state index is 11.5. The van der Waals surface area contributed by atoms with Crippen LogP contribution in [0.25, 0.3) is 0 Å². The van der Waals surface area contributed by atoms with Gasteiger partial charge in [-0.05, 0) is 31.0 Å². The van der Waals surface area contributed by atoms with E-state index in [9.17, 15) is 4.79 Å². The molecule has 0 aliphatic heterocycles. The molecule has 0 bridgehead atoms. The van der Waals surface area contributed by atoms with Gasteiger partial charge in [0, 0.05) is 17.1 Å². The van der Waals surface area contributed by atoms with Crippen LogP contribution >= 0.6 is 15.9 Å². The van der Waals surface area contributed by atoms with Crippen molar-refractivity contribution < 1.29 is 4.79 Å². The summed E-state index contributed by atoms with van der Waals surface area (Å²) in [4.78, 5) is 11.5. The molecule has 1 rings (SSSR count). The second-order valence-electron chi connectivity index (χ2n) is 4.11. The Morgan fingerprint density at radius 2 is 2.24 bits per heavy atom. The summed E-state index contributed by atoms with van der Waals surface area (Å²) in [6.07, 6.45) is 0.956. The molecule has 3 nitrogen and oxygen atoms in total. The normalized spacial score (nSPS) is 12.2. The lowest BCUT2D eigenvalue weighted by atomic mass is 10.2. The lowest BCUT2D eigenvalue weighted by Crippen LogP contribution is -2.38. The first-order valence-corrected chi connectivity index (χ1v) is 6.65. The van der Waals surface area contributed by atoms with Crippen LogP contribution in [-0.4, -0.2) is 18.5 Å². The predicted octanol–water partition coefficient (Wildman–Crippen LogP) is 2.45. The van der Waals surface area contributed by atoms with Crippen LogP contribution in [0.1, 0.15) is 25.8 Å². The van der Waals surface area contributed by atoms with E-state index < -0.39 is 0 Å². The molecule has 0 aromatic heterocycles. The summed E-state index contributed by atoms with van der Waals surface area (Å²) in [5.74, 6) is 0.0503. The largest absolute Gasteiger partial charge is 0.353 e. The summed E-state index contributed by atoms with van der Waals surface area (Å²) in [5.41, 5.74) is 1.16. The monoisotopic (exact) mass is 298 g/mol. The van der Waals surface area contributed by atoms with Gasteiger partial charge in [-0.2, -0.15) is 0 Å². The Morgan fingerprint density at radius 3 is 2.88 bits per heavy atom. The minimum Gasteiger partial charge on any atom is -0.353 e. The number of benzene rings is 1. The summed E-state index contributed by atoms with van der Waals surface area (Å²) >= 11 is 3.42. The van der Waals surface area contributed by atoms with Crippen LogP contribution in [0, 0.1) is 0 Å². The average molecular weight is 299 g/mol. The standard InChI is InChI=1S/C13H19BrN2O/c1-3-10(2)16-13(17)9-15-8-11-5-4-6-12(14)7-11/h4-7,10,15H,3,8-9H2,1-2H3,(H,16,17). The molecule has 0 saturated carbocycles. The van der Waals surface area contributed by atoms with E-state index in [1.807, 2.05) is 31.2 Å². The highest BCUT2D eigenvalue weighted by Crippen LogP contribution is 2.11. The van der Waals surface area contributed by atoms with E-state index in [0.717, 1.165) is 16.5 Å². The number of nitrogens with one attached hydrogen (secondary N) is 2. The highest BCUT2D eigenvalue weighted by Gasteiger charge is 2.04. The summed E-state index contributed by atoms with van der Waals surface area (Å²) in [6, 6.07) is 8.29. The van der Waals surface area contributed by atoms with E-state index in [2.05, 4.69) is 33.5 Å². The van der Waals surface area contributed by atoms with Crippen LogP contribution in [0.2, 0.25) is 0 Å². The molecule has 4 heteroatoms. The number of carbonyl (C=O) groups is 1. The van der Waals surface area contributed by atoms with Gasteiger partial charge in [0.05, 0.1) is 6.54 Å². The van der Waals surface area contributed by atoms with Gasteiger partial charge in [-0.1, -0.05) is 35.0 Å². The number of rotatable bonds is 6. The minimum atomic E-state index is 0.0503. The molecular weight excluding hydrogens is 280 g/mol. The maximum Gasteiger partial charge on any atom is 0.234 e. The van der Waals surface area contributed by atoms with Gasteiger partial charge in [0.2, 0.25) is 5.91 Å². The quantitative estimate of drug-likeness (QED) is 0.847. The van der Waals surface area contributed by atoms with Gasteiger partial charge in [0.25, 0.3) is 0 Å². The van der Waals surface area contributed by atoms with Gasteiger partial charge >= 0.3 is 0 Å². The first-order valence-electron chi connectivity index (χ1n) is 5.86. The predicted molar refractivity (Wildman–Crippen MR) is 73.7 cm³/mol. The van der Waals surface area contributed by atoms with Crippen molar-refractivity contribution in [1.82, 2.24) is 10.6 Å². The van der Waals surface area contributed by atoms with E-state index in [-0.39, 0.29) is 11.9 Å². The molecule has 0 spiro atoms. The van der Waals surface area contributed by atoms with E-state index >= 15 is 0 Å². The third-order valence-electron chi connectivity index (χ3n) is 2.52. The SMILES string of the molecule is CCC(C)NC(=O)CNCc1cccc(Br)c1. The molecule has 0 saturated heterocycles. The molecule has 0 aliphatic carbocycles. The summed E-state index contributed by atoms with van der Waals surface area (Å²) < 4.78 is 1.06. The molecule has 2 N–H and O–H groups in total. The molecule has 94 valence electrons. The highest BCUT2D eigenvalue weighted by molar-refractivity contribution is 9.10. The fourth-order valence-corrected chi connectivity index (χ4v) is 1.84. The number of amides is 1. The molecule has 17 heavy (non-hydrogen) atoms. The summed E-state index contributed by atoms with van der Waals surface area (Å²) in [5, 5.41) is 6.04. The molecule has 0 fully saturated rings. The van der Waals surface area contributed by atoms with Crippen molar-refractivity contribution in [3.05, 3.63) is 34.3 Å². The van der Waals surface area contributed by atoms with E-state index in [4.69, 9.17) is 0 Å². The molecule has 0 radical (unpaired) electrons. The first-order chi connectivity index (χ1) is 8.11. The minimum absolute atomic E-state index is 0.0503. The smallest absolute Gasteiger partial charge is 0.234 e. The second kappa shape index (κ2) is 7.45. The van der Waals surface area contributed by atoms with Crippen LogP contribution in [0.5, 0.6) is 0 Å². The van der Waals surface area contributed by atoms with Crippen molar-refractivity contribution in [3.63, 3.8) is 0 Å². The highest BCUT2D eigenvalue weighted by atomic mass is 79.9. The molecule has 1 atom stereocenters. The molecule has 1 aromatic rings. The Morgan fingerprint density at radius 1 is 1.47 bits per heavy atom. The van der Waals surface area contributed by atoms with Crippen molar-refractivity contribution in [2.24, 2.45) is 0 Å². The average Bonchev–Trinajstić information content (AvgIpc) is 2.29. The van der Waals surface area contributed by atoms with Crippen molar-refractivity contribution >= 4 is 21.8 Å². The lowest BCUT2D eigenvalue weighted by Gasteiger charge is -2.11. The van der Waals surface area contributed by atoms with Gasteiger partial charge in [-0.3, -0.25) is 4.79 Å². The Kier molecular flexibility index (Phi) is 6.22. The number of halogens is 1. The Bertz CT molecular complexity index is 368. The molecule has 1 unspecified atom stereocenters. The third-order valence-corrected chi connectivity index (χ3v) is 3.02. The van der Waals surface area contributed by atoms with Gasteiger partial charge in [-0.25, -0.2) is 0 Å². The van der Waals surface area contributed by atoms with Crippen LogP contribution in [-0.2, 0) is 11.3 Å². The zero-order valence-electron chi connectivity index (χ0n) is 10.3. The van der Waals surface area contributed by atoms with Crippen LogP contribution < -0.4 is 10.6 Å². The van der Waals surface area contributed by atoms with Crippen LogP contribution in [0.4, 0.5) is 0 Å². The third kappa shape index (κ3) is 5.84. The van der Waals surface area contributed by atoms with Crippen molar-refractivity contribution in [3.8, 4) is 0 Å². The summed E-state index contributed by atoms with van der Waals surface area (Å²) in [6.45, 7) is 5.12. The van der Waals surface area contributed by atoms with Gasteiger partial charge in [0.1, 0.15) is 0 Å². The van der Waals surface area contributed by atoms with E-state index in [1.54, 1.807) is 0 Å². The van der Waals surface area contributed by atoms with Crippen molar-refractivity contribution in [2.45, 2.75) is 32.9 Å². The number of hydrogen-bond donors (Lipinski definition) is 2. The molecule has 0 aliphatic rings. The zero-order chi connectivity index (χ0) is 12.7. The molecule has 1 aromatic carbocycles. The van der Waals surface area contributed by atoms with Crippen molar-refractivity contribution in [2.75, 3.05) is 6.54 Å². The fraction of sp³-hybridized carbons (Fsp3) is 0.462. The number of hydrogen-bond acceptors (Lipinski definition) is 2. The summed E-state index contributed by atoms with van der Waals surface area (Å²) in [7, 11) is 0. The second-order valence-corrected chi connectivity index (χ2v) is 5.03. The molecular formula is C13H19BrN2O. The van der Waals surface area contributed by atoms with Crippen molar-refractivity contribution in [1.29, 1.82) is 0 Å². The van der Waals surface area contributed by atoms with E-state index in [0.29, 0.717) is 13.1 Å². The molecule has 1 amide bonds. The Hall–Kier alpha value is -0.870. The van der Waals surface area contributed by atoms with Gasteiger partial charge in [-0.15, -0.1) is 0 Å².